The predicted molar refractivity (Wildman–Crippen MR) is 48.3 cm³/mol. The number of nitriles is 1. The Kier molecular flexibility index (Phi) is 3.26. The molecule has 0 amide bonds. The maximum atomic E-state index is 12.4. The molecule has 0 aliphatic carbocycles. The zero-order valence-corrected chi connectivity index (χ0v) is 8.53. The third-order valence-corrected chi connectivity index (χ3v) is 2.10. The highest BCUT2D eigenvalue weighted by Gasteiger charge is 2.26. The van der Waals surface area contributed by atoms with E-state index in [1.165, 1.54) is 0 Å². The first kappa shape index (κ1) is 11.5. The number of nitro groups is 1. The van der Waals surface area contributed by atoms with Gasteiger partial charge in [-0.2, -0.15) is 5.26 Å². The second-order valence-corrected chi connectivity index (χ2v) is 3.26. The van der Waals surface area contributed by atoms with Gasteiger partial charge in [-0.1, -0.05) is 0 Å². The summed E-state index contributed by atoms with van der Waals surface area (Å²) in [6.45, 7) is 0. The largest absolute Gasteiger partial charge is 0.373 e. The quantitative estimate of drug-likeness (QED) is 0.615. The molecule has 1 heterocycles. The molecule has 1 aromatic heterocycles. The number of halogens is 3. The van der Waals surface area contributed by atoms with Crippen LogP contribution in [0.4, 0.5) is 14.6 Å². The minimum atomic E-state index is -3.01. The van der Waals surface area contributed by atoms with Gasteiger partial charge in [0, 0.05) is 0 Å². The fraction of sp³-hybridized carbons (Fsp3) is 0.143. The first-order valence-corrected chi connectivity index (χ1v) is 4.29. The molecule has 15 heavy (non-hydrogen) atoms. The molecule has 5 nitrogen and oxygen atoms in total. The molecule has 1 rings (SSSR count). The minimum absolute atomic E-state index is 0.00546. The number of alkyl halides is 2. The third kappa shape index (κ3) is 2.24. The van der Waals surface area contributed by atoms with E-state index in [4.69, 9.17) is 5.26 Å². The van der Waals surface area contributed by atoms with Crippen LogP contribution >= 0.6 is 15.9 Å². The number of hydrogen-bond donors (Lipinski definition) is 0. The van der Waals surface area contributed by atoms with Crippen molar-refractivity contribution in [2.24, 2.45) is 0 Å². The van der Waals surface area contributed by atoms with Crippen molar-refractivity contribution >= 4 is 21.7 Å². The van der Waals surface area contributed by atoms with E-state index in [0.29, 0.717) is 0 Å². The molecule has 0 unspecified atom stereocenters. The molecule has 78 valence electrons. The number of rotatable bonds is 2. The SMILES string of the molecule is N#Cc1nc([N+](=O)[O-])c(C(F)F)cc1Br. The predicted octanol–water partition coefficient (Wildman–Crippen LogP) is 2.56. The van der Waals surface area contributed by atoms with Crippen LogP contribution in [0.3, 0.4) is 0 Å². The molecule has 0 aromatic carbocycles. The van der Waals surface area contributed by atoms with E-state index in [1.54, 1.807) is 6.07 Å². The summed E-state index contributed by atoms with van der Waals surface area (Å²) >= 11 is 2.82. The lowest BCUT2D eigenvalue weighted by Crippen LogP contribution is -2.01. The molecule has 0 saturated carbocycles. The lowest BCUT2D eigenvalue weighted by Gasteiger charge is -2.01. The molecule has 0 saturated heterocycles. The number of pyridine rings is 1. The zero-order chi connectivity index (χ0) is 11.6. The van der Waals surface area contributed by atoms with E-state index in [1.807, 2.05) is 0 Å². The topological polar surface area (TPSA) is 79.8 Å². The van der Waals surface area contributed by atoms with Crippen molar-refractivity contribution in [1.29, 1.82) is 5.26 Å². The average molecular weight is 278 g/mol. The molecule has 0 N–H and O–H groups in total. The van der Waals surface area contributed by atoms with Crippen LogP contribution in [-0.4, -0.2) is 9.91 Å². The highest BCUT2D eigenvalue weighted by molar-refractivity contribution is 9.10. The molecule has 0 aliphatic rings. The summed E-state index contributed by atoms with van der Waals surface area (Å²) in [6.07, 6.45) is -3.01. The van der Waals surface area contributed by atoms with Crippen LogP contribution in [0.2, 0.25) is 0 Å². The molecule has 1 aromatic rings. The van der Waals surface area contributed by atoms with Gasteiger partial charge in [0.05, 0.1) is 4.47 Å². The van der Waals surface area contributed by atoms with Crippen LogP contribution in [0.5, 0.6) is 0 Å². The standard InChI is InChI=1S/C7H2BrF2N3O2/c8-4-1-3(6(9)10)7(13(14)15)12-5(4)2-11/h1,6H. The molecule has 0 atom stereocenters. The number of aromatic nitrogens is 1. The summed E-state index contributed by atoms with van der Waals surface area (Å²) in [5, 5.41) is 18.9. The van der Waals surface area contributed by atoms with Crippen LogP contribution in [0.25, 0.3) is 0 Å². The first-order chi connectivity index (χ1) is 6.97. The van der Waals surface area contributed by atoms with Gasteiger partial charge in [-0.05, 0) is 31.9 Å². The van der Waals surface area contributed by atoms with Gasteiger partial charge >= 0.3 is 5.82 Å². The highest BCUT2D eigenvalue weighted by atomic mass is 79.9. The van der Waals surface area contributed by atoms with Crippen molar-refractivity contribution in [1.82, 2.24) is 4.98 Å². The second-order valence-electron chi connectivity index (χ2n) is 2.40. The maximum Gasteiger partial charge on any atom is 0.373 e. The summed E-state index contributed by atoms with van der Waals surface area (Å²) < 4.78 is 24.7. The Morgan fingerprint density at radius 3 is 2.67 bits per heavy atom. The zero-order valence-electron chi connectivity index (χ0n) is 6.95. The molecule has 0 spiro atoms. The Labute approximate surface area is 90.6 Å². The maximum absolute atomic E-state index is 12.4. The fourth-order valence-electron chi connectivity index (χ4n) is 0.879. The van der Waals surface area contributed by atoms with Crippen molar-refractivity contribution in [3.8, 4) is 6.07 Å². The van der Waals surface area contributed by atoms with Gasteiger partial charge in [-0.15, -0.1) is 0 Å². The van der Waals surface area contributed by atoms with Gasteiger partial charge in [-0.25, -0.2) is 8.78 Å². The van der Waals surface area contributed by atoms with Crippen LogP contribution in [-0.2, 0) is 0 Å². The monoisotopic (exact) mass is 277 g/mol. The van der Waals surface area contributed by atoms with E-state index in [9.17, 15) is 18.9 Å². The van der Waals surface area contributed by atoms with Crippen molar-refractivity contribution in [2.45, 2.75) is 6.43 Å². The van der Waals surface area contributed by atoms with Gasteiger partial charge in [0.25, 0.3) is 12.1 Å². The highest BCUT2D eigenvalue weighted by Crippen LogP contribution is 2.30. The van der Waals surface area contributed by atoms with Crippen LogP contribution in [0, 0.1) is 21.4 Å². The van der Waals surface area contributed by atoms with E-state index in [0.717, 1.165) is 6.07 Å². The summed E-state index contributed by atoms with van der Waals surface area (Å²) in [5.74, 6) is -0.996. The average Bonchev–Trinajstić information content (AvgIpc) is 2.16. The lowest BCUT2D eigenvalue weighted by atomic mass is 10.2. The molecule has 0 fully saturated rings. The van der Waals surface area contributed by atoms with Crippen molar-refractivity contribution in [2.75, 3.05) is 0 Å². The van der Waals surface area contributed by atoms with E-state index >= 15 is 0 Å². The first-order valence-electron chi connectivity index (χ1n) is 3.50. The molecular weight excluding hydrogens is 276 g/mol. The Bertz CT molecular complexity index is 458. The Hall–Kier alpha value is -1.62. The summed E-state index contributed by atoms with van der Waals surface area (Å²) in [5.41, 5.74) is -1.11. The summed E-state index contributed by atoms with van der Waals surface area (Å²) in [4.78, 5) is 12.6. The van der Waals surface area contributed by atoms with Crippen molar-refractivity contribution in [3.05, 3.63) is 31.9 Å². The van der Waals surface area contributed by atoms with Gasteiger partial charge in [0.1, 0.15) is 11.6 Å². The van der Waals surface area contributed by atoms with Crippen LogP contribution in [0.1, 0.15) is 17.7 Å². The molecule has 0 radical (unpaired) electrons. The van der Waals surface area contributed by atoms with Crippen molar-refractivity contribution < 1.29 is 13.7 Å². The van der Waals surface area contributed by atoms with E-state index in [2.05, 4.69) is 20.9 Å². The van der Waals surface area contributed by atoms with Gasteiger partial charge in [0.2, 0.25) is 0 Å². The van der Waals surface area contributed by atoms with Gasteiger partial charge in [-0.3, -0.25) is 0 Å². The number of nitrogens with zero attached hydrogens (tertiary/aromatic N) is 3. The fourth-order valence-corrected chi connectivity index (χ4v) is 1.30. The summed E-state index contributed by atoms with van der Waals surface area (Å²) in [7, 11) is 0. The van der Waals surface area contributed by atoms with Crippen LogP contribution < -0.4 is 0 Å². The molecular formula is C7H2BrF2N3O2. The Balaban J connectivity index is 3.47. The van der Waals surface area contributed by atoms with E-state index in [-0.39, 0.29) is 10.2 Å². The van der Waals surface area contributed by atoms with Crippen LogP contribution in [0.15, 0.2) is 10.5 Å². The van der Waals surface area contributed by atoms with Gasteiger partial charge in [0.15, 0.2) is 0 Å². The Morgan fingerprint density at radius 1 is 1.67 bits per heavy atom. The summed E-state index contributed by atoms with van der Waals surface area (Å²) in [6, 6.07) is 2.38. The normalized spacial score (nSPS) is 10.1. The Morgan fingerprint density at radius 2 is 2.27 bits per heavy atom. The molecule has 0 aliphatic heterocycles. The molecule has 8 heteroatoms. The third-order valence-electron chi connectivity index (χ3n) is 1.50. The lowest BCUT2D eigenvalue weighted by molar-refractivity contribution is -0.391. The smallest absolute Gasteiger partial charge is 0.358 e. The van der Waals surface area contributed by atoms with Gasteiger partial charge < -0.3 is 10.1 Å². The van der Waals surface area contributed by atoms with E-state index < -0.39 is 22.7 Å². The number of hydrogen-bond acceptors (Lipinski definition) is 4. The minimum Gasteiger partial charge on any atom is -0.358 e. The van der Waals surface area contributed by atoms with Crippen molar-refractivity contribution in [3.63, 3.8) is 0 Å². The molecule has 0 bridgehead atoms. The second kappa shape index (κ2) is 4.27.